The first kappa shape index (κ1) is 20.1. The minimum atomic E-state index is -4.58. The zero-order chi connectivity index (χ0) is 21.0. The van der Waals surface area contributed by atoms with Gasteiger partial charge in [-0.05, 0) is 55.0 Å². The fourth-order valence-corrected chi connectivity index (χ4v) is 2.71. The van der Waals surface area contributed by atoms with Gasteiger partial charge in [0.1, 0.15) is 0 Å². The number of hydrogen-bond donors (Lipinski definition) is 2. The van der Waals surface area contributed by atoms with E-state index in [1.54, 1.807) is 12.1 Å². The summed E-state index contributed by atoms with van der Waals surface area (Å²) in [5.74, 6) is -1.05. The summed E-state index contributed by atoms with van der Waals surface area (Å²) in [6, 6.07) is 17.7. The van der Waals surface area contributed by atoms with Gasteiger partial charge >= 0.3 is 6.18 Å². The minimum Gasteiger partial charge on any atom is -0.322 e. The number of benzene rings is 3. The normalized spacial score (nSPS) is 11.0. The van der Waals surface area contributed by atoms with Crippen LogP contribution in [0.3, 0.4) is 0 Å². The highest BCUT2D eigenvalue weighted by Crippen LogP contribution is 2.34. The van der Waals surface area contributed by atoms with Gasteiger partial charge in [0, 0.05) is 16.8 Å². The Labute approximate surface area is 165 Å². The second-order valence-corrected chi connectivity index (χ2v) is 6.34. The number of nitrogens with one attached hydrogen (secondary N) is 2. The van der Waals surface area contributed by atoms with Crippen molar-refractivity contribution in [1.29, 1.82) is 0 Å². The summed E-state index contributed by atoms with van der Waals surface area (Å²) >= 11 is 0. The number of carbonyl (C=O) groups excluding carboxylic acids is 2. The molecule has 0 aromatic heterocycles. The molecule has 29 heavy (non-hydrogen) atoms. The van der Waals surface area contributed by atoms with Gasteiger partial charge in [-0.2, -0.15) is 13.2 Å². The van der Waals surface area contributed by atoms with Crippen LogP contribution >= 0.6 is 0 Å². The lowest BCUT2D eigenvalue weighted by atomic mass is 10.1. The van der Waals surface area contributed by atoms with Gasteiger partial charge in [-0.1, -0.05) is 30.3 Å². The van der Waals surface area contributed by atoms with Gasteiger partial charge in [0.2, 0.25) is 0 Å². The summed E-state index contributed by atoms with van der Waals surface area (Å²) in [5.41, 5.74) is 0.770. The van der Waals surface area contributed by atoms with Crippen LogP contribution in [0.2, 0.25) is 0 Å². The van der Waals surface area contributed by atoms with E-state index in [4.69, 9.17) is 0 Å². The first-order chi connectivity index (χ1) is 13.8. The average Bonchev–Trinajstić information content (AvgIpc) is 2.69. The number of aryl methyl sites for hydroxylation is 1. The number of carbonyl (C=O) groups is 2. The first-order valence-corrected chi connectivity index (χ1v) is 8.70. The molecular weight excluding hydrogens is 381 g/mol. The second kappa shape index (κ2) is 8.18. The first-order valence-electron chi connectivity index (χ1n) is 8.70. The third-order valence-electron chi connectivity index (χ3n) is 4.28. The molecule has 0 unspecified atom stereocenters. The number of halogens is 3. The van der Waals surface area contributed by atoms with Crippen LogP contribution in [0.1, 0.15) is 31.8 Å². The molecule has 0 aliphatic carbocycles. The van der Waals surface area contributed by atoms with Crippen LogP contribution in [0.5, 0.6) is 0 Å². The van der Waals surface area contributed by atoms with E-state index in [2.05, 4.69) is 10.6 Å². The van der Waals surface area contributed by atoms with E-state index in [0.29, 0.717) is 11.3 Å². The number of para-hydroxylation sites is 2. The highest BCUT2D eigenvalue weighted by molar-refractivity contribution is 6.07. The van der Waals surface area contributed by atoms with Crippen molar-refractivity contribution in [1.82, 2.24) is 0 Å². The topological polar surface area (TPSA) is 58.2 Å². The Balaban J connectivity index is 1.73. The van der Waals surface area contributed by atoms with Crippen LogP contribution < -0.4 is 10.6 Å². The molecule has 4 nitrogen and oxygen atoms in total. The number of anilines is 2. The Hall–Kier alpha value is -3.61. The Morgan fingerprint density at radius 2 is 1.14 bits per heavy atom. The van der Waals surface area contributed by atoms with E-state index in [9.17, 15) is 22.8 Å². The smallest absolute Gasteiger partial charge is 0.322 e. The fraction of sp³-hybridized carbons (Fsp3) is 0.0909. The number of hydrogen-bond acceptors (Lipinski definition) is 2. The van der Waals surface area contributed by atoms with E-state index in [0.717, 1.165) is 11.6 Å². The Morgan fingerprint density at radius 3 is 1.66 bits per heavy atom. The van der Waals surface area contributed by atoms with Crippen molar-refractivity contribution < 1.29 is 22.8 Å². The molecule has 0 saturated carbocycles. The highest BCUT2D eigenvalue weighted by Gasteiger charge is 2.33. The molecule has 0 radical (unpaired) electrons. The lowest BCUT2D eigenvalue weighted by Gasteiger charge is -2.13. The summed E-state index contributed by atoms with van der Waals surface area (Å²) in [5, 5.41) is 5.04. The van der Waals surface area contributed by atoms with Gasteiger partial charge < -0.3 is 10.6 Å². The zero-order valence-corrected chi connectivity index (χ0v) is 15.4. The molecule has 3 aromatic carbocycles. The van der Waals surface area contributed by atoms with E-state index in [-0.39, 0.29) is 17.2 Å². The van der Waals surface area contributed by atoms with Gasteiger partial charge in [-0.15, -0.1) is 0 Å². The van der Waals surface area contributed by atoms with Crippen molar-refractivity contribution in [2.24, 2.45) is 0 Å². The Morgan fingerprint density at radius 1 is 0.690 bits per heavy atom. The molecule has 2 N–H and O–H groups in total. The van der Waals surface area contributed by atoms with Crippen molar-refractivity contribution >= 4 is 23.2 Å². The molecule has 3 rings (SSSR count). The molecule has 2 amide bonds. The molecule has 0 aliphatic rings. The summed E-state index contributed by atoms with van der Waals surface area (Å²) in [4.78, 5) is 24.7. The van der Waals surface area contributed by atoms with E-state index in [1.807, 2.05) is 19.1 Å². The van der Waals surface area contributed by atoms with Crippen molar-refractivity contribution in [3.63, 3.8) is 0 Å². The maximum Gasteiger partial charge on any atom is 0.418 e. The van der Waals surface area contributed by atoms with Crippen LogP contribution in [0.4, 0.5) is 24.5 Å². The molecule has 0 aliphatic heterocycles. The fourth-order valence-electron chi connectivity index (χ4n) is 2.71. The van der Waals surface area contributed by atoms with Gasteiger partial charge in [0.05, 0.1) is 11.3 Å². The molecule has 0 fully saturated rings. The Kier molecular flexibility index (Phi) is 5.68. The van der Waals surface area contributed by atoms with E-state index < -0.39 is 17.6 Å². The van der Waals surface area contributed by atoms with Gasteiger partial charge in [-0.3, -0.25) is 9.59 Å². The maximum atomic E-state index is 13.1. The van der Waals surface area contributed by atoms with Gasteiger partial charge in [-0.25, -0.2) is 0 Å². The van der Waals surface area contributed by atoms with Crippen molar-refractivity contribution in [3.8, 4) is 0 Å². The standard InChI is InChI=1S/C22H17F3N2O2/c1-14-6-2-4-8-18(14)26-20(28)15-10-12-16(13-11-15)21(29)27-19-9-5-3-7-17(19)22(23,24)25/h2-13H,1H3,(H,26,28)(H,27,29). The highest BCUT2D eigenvalue weighted by atomic mass is 19.4. The third-order valence-corrected chi connectivity index (χ3v) is 4.28. The molecule has 3 aromatic rings. The summed E-state index contributed by atoms with van der Waals surface area (Å²) < 4.78 is 39.2. The molecule has 148 valence electrons. The molecular formula is C22H17F3N2O2. The summed E-state index contributed by atoms with van der Waals surface area (Å²) in [6.07, 6.45) is -4.58. The molecule has 0 atom stereocenters. The lowest BCUT2D eigenvalue weighted by Crippen LogP contribution is -2.17. The zero-order valence-electron chi connectivity index (χ0n) is 15.4. The largest absolute Gasteiger partial charge is 0.418 e. The number of alkyl halides is 3. The van der Waals surface area contributed by atoms with E-state index >= 15 is 0 Å². The molecule has 0 heterocycles. The van der Waals surface area contributed by atoms with Crippen LogP contribution in [0.15, 0.2) is 72.8 Å². The van der Waals surface area contributed by atoms with Crippen molar-refractivity contribution in [2.75, 3.05) is 10.6 Å². The van der Waals surface area contributed by atoms with Crippen LogP contribution in [0.25, 0.3) is 0 Å². The van der Waals surface area contributed by atoms with E-state index in [1.165, 1.54) is 42.5 Å². The molecule has 0 bridgehead atoms. The van der Waals surface area contributed by atoms with Crippen LogP contribution in [-0.2, 0) is 6.18 Å². The van der Waals surface area contributed by atoms with Crippen molar-refractivity contribution in [2.45, 2.75) is 13.1 Å². The predicted molar refractivity (Wildman–Crippen MR) is 105 cm³/mol. The third kappa shape index (κ3) is 4.82. The molecule has 7 heteroatoms. The maximum absolute atomic E-state index is 13.1. The average molecular weight is 398 g/mol. The van der Waals surface area contributed by atoms with Crippen LogP contribution in [-0.4, -0.2) is 11.8 Å². The monoisotopic (exact) mass is 398 g/mol. The Bertz CT molecular complexity index is 1040. The summed E-state index contributed by atoms with van der Waals surface area (Å²) in [6.45, 7) is 1.86. The molecule has 0 spiro atoms. The van der Waals surface area contributed by atoms with Gasteiger partial charge in [0.25, 0.3) is 11.8 Å². The number of amides is 2. The predicted octanol–water partition coefficient (Wildman–Crippen LogP) is 5.52. The van der Waals surface area contributed by atoms with Gasteiger partial charge in [0.15, 0.2) is 0 Å². The lowest BCUT2D eigenvalue weighted by molar-refractivity contribution is -0.136. The van der Waals surface area contributed by atoms with Crippen LogP contribution in [0, 0.1) is 6.92 Å². The minimum absolute atomic E-state index is 0.134. The SMILES string of the molecule is Cc1ccccc1NC(=O)c1ccc(C(=O)Nc2ccccc2C(F)(F)F)cc1. The van der Waals surface area contributed by atoms with Crippen molar-refractivity contribution in [3.05, 3.63) is 95.1 Å². The molecule has 0 saturated heterocycles. The number of rotatable bonds is 4. The summed E-state index contributed by atoms with van der Waals surface area (Å²) in [7, 11) is 0. The second-order valence-electron chi connectivity index (χ2n) is 6.34. The quantitative estimate of drug-likeness (QED) is 0.608.